The van der Waals surface area contributed by atoms with Crippen LogP contribution in [0.15, 0.2) is 24.4 Å². The normalized spacial score (nSPS) is 18.8. The highest BCUT2D eigenvalue weighted by Gasteiger charge is 2.37. The number of piperidine rings is 1. The number of carbonyl (C=O) groups excluding carboxylic acids is 1. The van der Waals surface area contributed by atoms with Crippen molar-refractivity contribution >= 4 is 23.2 Å². The molecule has 164 valence electrons. The van der Waals surface area contributed by atoms with Crippen molar-refractivity contribution in [3.8, 4) is 10.6 Å². The Morgan fingerprint density at radius 1 is 1.20 bits per heavy atom. The van der Waals surface area contributed by atoms with Crippen molar-refractivity contribution < 1.29 is 4.79 Å². The van der Waals surface area contributed by atoms with E-state index in [0.717, 1.165) is 23.4 Å². The minimum atomic E-state index is -0.441. The second-order valence-corrected chi connectivity index (χ2v) is 11.5. The van der Waals surface area contributed by atoms with Gasteiger partial charge in [-0.15, -0.1) is 11.3 Å². The summed E-state index contributed by atoms with van der Waals surface area (Å²) in [5.74, 6) is 0.727. The zero-order valence-electron chi connectivity index (χ0n) is 19.2. The summed E-state index contributed by atoms with van der Waals surface area (Å²) in [4.78, 5) is 23.6. The van der Waals surface area contributed by atoms with Crippen molar-refractivity contribution in [3.63, 3.8) is 0 Å². The van der Waals surface area contributed by atoms with E-state index in [4.69, 9.17) is 4.98 Å². The van der Waals surface area contributed by atoms with Crippen LogP contribution in [0.2, 0.25) is 0 Å². The first-order chi connectivity index (χ1) is 13.9. The Balaban J connectivity index is 1.73. The number of aromatic nitrogens is 2. The summed E-state index contributed by atoms with van der Waals surface area (Å²) in [6.07, 6.45) is 4.55. The quantitative estimate of drug-likeness (QED) is 0.640. The van der Waals surface area contributed by atoms with Gasteiger partial charge in [0.25, 0.3) is 0 Å². The third kappa shape index (κ3) is 5.58. The van der Waals surface area contributed by atoms with Gasteiger partial charge in [0, 0.05) is 40.7 Å². The number of anilines is 1. The van der Waals surface area contributed by atoms with Gasteiger partial charge in [-0.3, -0.25) is 4.79 Å². The van der Waals surface area contributed by atoms with Gasteiger partial charge in [-0.25, -0.2) is 9.97 Å². The van der Waals surface area contributed by atoms with Crippen molar-refractivity contribution in [3.05, 3.63) is 29.3 Å². The first kappa shape index (κ1) is 22.7. The lowest BCUT2D eigenvalue weighted by Crippen LogP contribution is -2.60. The lowest BCUT2D eigenvalue weighted by Gasteiger charge is -2.46. The molecule has 1 saturated heterocycles. The van der Waals surface area contributed by atoms with Crippen LogP contribution in [0, 0.1) is 5.41 Å². The van der Waals surface area contributed by atoms with Crippen LogP contribution in [0.5, 0.6) is 0 Å². The zero-order chi connectivity index (χ0) is 22.2. The minimum absolute atomic E-state index is 0.0544. The second kappa shape index (κ2) is 8.27. The Kier molecular flexibility index (Phi) is 6.25. The van der Waals surface area contributed by atoms with E-state index in [0.29, 0.717) is 18.4 Å². The molecule has 3 rings (SSSR count). The van der Waals surface area contributed by atoms with Crippen LogP contribution in [-0.2, 0) is 11.2 Å². The molecular formula is C23H35N5OS. The molecule has 2 aromatic heterocycles. The summed E-state index contributed by atoms with van der Waals surface area (Å²) in [5, 5.41) is 10.0. The van der Waals surface area contributed by atoms with Gasteiger partial charge in [0.1, 0.15) is 0 Å². The number of nitrogens with zero attached hydrogens (tertiary/aromatic N) is 2. The average Bonchev–Trinajstić information content (AvgIpc) is 3.06. The van der Waals surface area contributed by atoms with E-state index < -0.39 is 5.41 Å². The molecule has 0 saturated carbocycles. The molecule has 0 atom stereocenters. The number of carbonyl (C=O) groups is 1. The topological polar surface area (TPSA) is 78.9 Å². The minimum Gasteiger partial charge on any atom is -0.359 e. The number of rotatable bonds is 6. The van der Waals surface area contributed by atoms with Crippen molar-refractivity contribution in [2.45, 2.75) is 77.9 Å². The predicted octanol–water partition coefficient (Wildman–Crippen LogP) is 4.24. The maximum absolute atomic E-state index is 12.1. The van der Waals surface area contributed by atoms with Gasteiger partial charge in [-0.05, 0) is 65.2 Å². The molecule has 6 nitrogen and oxygen atoms in total. The van der Waals surface area contributed by atoms with Gasteiger partial charge in [0.15, 0.2) is 0 Å². The van der Waals surface area contributed by atoms with E-state index in [2.05, 4.69) is 60.8 Å². The fourth-order valence-corrected chi connectivity index (χ4v) is 5.84. The van der Waals surface area contributed by atoms with Gasteiger partial charge in [-0.2, -0.15) is 0 Å². The summed E-state index contributed by atoms with van der Waals surface area (Å²) in [7, 11) is 1.68. The van der Waals surface area contributed by atoms with E-state index in [1.165, 1.54) is 4.88 Å². The molecule has 0 spiro atoms. The smallest absolute Gasteiger partial charge is 0.225 e. The standard InChI is InChI=1S/C23H35N5OS/c1-21(2,19(29)24-7)14-16-8-9-18(30-16)17-10-11-25-20(27-17)26-15-12-22(3,4)28-23(5,6)13-15/h8-11,15,28H,12-14H2,1-7H3,(H,24,29)(H,25,26,27). The van der Waals surface area contributed by atoms with Crippen molar-refractivity contribution in [2.75, 3.05) is 12.4 Å². The first-order valence-electron chi connectivity index (χ1n) is 10.6. The van der Waals surface area contributed by atoms with E-state index in [1.54, 1.807) is 18.4 Å². The van der Waals surface area contributed by atoms with E-state index >= 15 is 0 Å². The van der Waals surface area contributed by atoms with Crippen molar-refractivity contribution in [1.29, 1.82) is 0 Å². The molecule has 7 heteroatoms. The second-order valence-electron chi connectivity index (χ2n) is 10.3. The summed E-state index contributed by atoms with van der Waals surface area (Å²) < 4.78 is 0. The van der Waals surface area contributed by atoms with Crippen LogP contribution >= 0.6 is 11.3 Å². The Morgan fingerprint density at radius 3 is 2.50 bits per heavy atom. The third-order valence-electron chi connectivity index (χ3n) is 5.55. The van der Waals surface area contributed by atoms with E-state index in [9.17, 15) is 4.79 Å². The summed E-state index contributed by atoms with van der Waals surface area (Å²) in [6.45, 7) is 12.9. The summed E-state index contributed by atoms with van der Waals surface area (Å²) in [6, 6.07) is 6.44. The zero-order valence-corrected chi connectivity index (χ0v) is 20.0. The molecule has 0 bridgehead atoms. The monoisotopic (exact) mass is 429 g/mol. The van der Waals surface area contributed by atoms with E-state index in [1.807, 2.05) is 26.1 Å². The van der Waals surface area contributed by atoms with Crippen molar-refractivity contribution in [1.82, 2.24) is 20.6 Å². The molecule has 30 heavy (non-hydrogen) atoms. The predicted molar refractivity (Wildman–Crippen MR) is 125 cm³/mol. The van der Waals surface area contributed by atoms with Crippen LogP contribution in [0.3, 0.4) is 0 Å². The van der Waals surface area contributed by atoms with Gasteiger partial charge in [0.05, 0.1) is 10.6 Å². The van der Waals surface area contributed by atoms with Gasteiger partial charge >= 0.3 is 0 Å². The number of thiophene rings is 1. The fraction of sp³-hybridized carbons (Fsp3) is 0.609. The third-order valence-corrected chi connectivity index (χ3v) is 6.66. The fourth-order valence-electron chi connectivity index (χ4n) is 4.64. The highest BCUT2D eigenvalue weighted by Crippen LogP contribution is 2.33. The molecule has 1 aliphatic heterocycles. The maximum atomic E-state index is 12.1. The van der Waals surface area contributed by atoms with Crippen LogP contribution in [-0.4, -0.2) is 40.0 Å². The lowest BCUT2D eigenvalue weighted by atomic mass is 9.80. The molecule has 1 fully saturated rings. The number of hydrogen-bond donors (Lipinski definition) is 3. The largest absolute Gasteiger partial charge is 0.359 e. The molecule has 1 aliphatic rings. The van der Waals surface area contributed by atoms with Gasteiger partial charge in [0.2, 0.25) is 11.9 Å². The number of nitrogens with one attached hydrogen (secondary N) is 3. The molecule has 0 aromatic carbocycles. The molecular weight excluding hydrogens is 394 g/mol. The maximum Gasteiger partial charge on any atom is 0.225 e. The molecule has 2 aromatic rings. The molecule has 0 aliphatic carbocycles. The van der Waals surface area contributed by atoms with Gasteiger partial charge < -0.3 is 16.0 Å². The summed E-state index contributed by atoms with van der Waals surface area (Å²) >= 11 is 1.69. The average molecular weight is 430 g/mol. The SMILES string of the molecule is CNC(=O)C(C)(C)Cc1ccc(-c2ccnc(NC3CC(C)(C)NC(C)(C)C3)n2)s1. The first-order valence-corrected chi connectivity index (χ1v) is 11.4. The lowest BCUT2D eigenvalue weighted by molar-refractivity contribution is -0.128. The van der Waals surface area contributed by atoms with Gasteiger partial charge in [-0.1, -0.05) is 13.8 Å². The number of hydrogen-bond acceptors (Lipinski definition) is 6. The highest BCUT2D eigenvalue weighted by molar-refractivity contribution is 7.15. The Labute approximate surface area is 184 Å². The van der Waals surface area contributed by atoms with Crippen LogP contribution in [0.4, 0.5) is 5.95 Å². The van der Waals surface area contributed by atoms with Crippen LogP contribution in [0.1, 0.15) is 59.3 Å². The van der Waals surface area contributed by atoms with E-state index in [-0.39, 0.29) is 17.0 Å². The highest BCUT2D eigenvalue weighted by atomic mass is 32.1. The van der Waals surface area contributed by atoms with Crippen LogP contribution < -0.4 is 16.0 Å². The molecule has 3 heterocycles. The molecule has 0 unspecified atom stereocenters. The Morgan fingerprint density at radius 2 is 1.87 bits per heavy atom. The number of amides is 1. The summed E-state index contributed by atoms with van der Waals surface area (Å²) in [5.41, 5.74) is 0.604. The molecule has 1 amide bonds. The van der Waals surface area contributed by atoms with Crippen LogP contribution in [0.25, 0.3) is 10.6 Å². The Bertz CT molecular complexity index is 887. The molecule has 3 N–H and O–H groups in total. The molecule has 0 radical (unpaired) electrons. The Hall–Kier alpha value is -1.99. The van der Waals surface area contributed by atoms with Crippen molar-refractivity contribution in [2.24, 2.45) is 5.41 Å².